The lowest BCUT2D eigenvalue weighted by atomic mass is 10.1. The molecule has 0 aliphatic carbocycles. The minimum Gasteiger partial charge on any atom is -0.392 e. The maximum Gasteiger partial charge on any atom is 0.417 e. The molecule has 0 aliphatic rings. The fourth-order valence-corrected chi connectivity index (χ4v) is 1.65. The lowest BCUT2D eigenvalue weighted by molar-refractivity contribution is -0.138. The number of hydrogen-bond donors (Lipinski definition) is 2. The molecular weight excluding hydrogens is 315 g/mol. The first kappa shape index (κ1) is 15.0. The van der Waals surface area contributed by atoms with Crippen LogP contribution in [0.15, 0.2) is 22.7 Å². The Morgan fingerprint density at radius 3 is 2.61 bits per heavy atom. The molecular formula is C11H11BrF3NO2. The van der Waals surface area contributed by atoms with Gasteiger partial charge in [0.25, 0.3) is 5.91 Å². The predicted octanol–water partition coefficient (Wildman–Crippen LogP) is 2.58. The molecule has 0 aliphatic heterocycles. The van der Waals surface area contributed by atoms with E-state index in [2.05, 4.69) is 21.2 Å². The van der Waals surface area contributed by atoms with E-state index in [0.717, 1.165) is 12.1 Å². The van der Waals surface area contributed by atoms with Gasteiger partial charge in [-0.2, -0.15) is 13.2 Å². The third kappa shape index (κ3) is 3.99. The summed E-state index contributed by atoms with van der Waals surface area (Å²) < 4.78 is 38.4. The zero-order valence-electron chi connectivity index (χ0n) is 9.38. The van der Waals surface area contributed by atoms with Crippen LogP contribution in [0.5, 0.6) is 0 Å². The van der Waals surface area contributed by atoms with Crippen molar-refractivity contribution in [2.24, 2.45) is 0 Å². The minimum absolute atomic E-state index is 0.105. The third-order valence-electron chi connectivity index (χ3n) is 2.09. The number of benzene rings is 1. The van der Waals surface area contributed by atoms with E-state index in [1.54, 1.807) is 0 Å². The summed E-state index contributed by atoms with van der Waals surface area (Å²) in [5, 5.41) is 11.2. The van der Waals surface area contributed by atoms with Gasteiger partial charge in [0.05, 0.1) is 17.2 Å². The number of carbonyl (C=O) groups is 1. The van der Waals surface area contributed by atoms with Gasteiger partial charge in [0.15, 0.2) is 0 Å². The summed E-state index contributed by atoms with van der Waals surface area (Å²) in [5.74, 6) is -0.865. The number of alkyl halides is 3. The highest BCUT2D eigenvalue weighted by molar-refractivity contribution is 9.10. The number of aliphatic hydroxyl groups excluding tert-OH is 1. The molecule has 0 bridgehead atoms. The highest BCUT2D eigenvalue weighted by atomic mass is 79.9. The number of aliphatic hydroxyl groups is 1. The molecule has 0 saturated carbocycles. The van der Waals surface area contributed by atoms with Gasteiger partial charge in [-0.15, -0.1) is 0 Å². The molecule has 0 fully saturated rings. The third-order valence-corrected chi connectivity index (χ3v) is 2.58. The van der Waals surface area contributed by atoms with E-state index in [0.29, 0.717) is 0 Å². The van der Waals surface area contributed by atoms with Gasteiger partial charge in [0.2, 0.25) is 0 Å². The summed E-state index contributed by atoms with van der Waals surface area (Å²) >= 11 is 2.93. The summed E-state index contributed by atoms with van der Waals surface area (Å²) in [6.07, 6.45) is -5.43. The second kappa shape index (κ2) is 5.71. The molecule has 0 aromatic heterocycles. The van der Waals surface area contributed by atoms with Gasteiger partial charge < -0.3 is 10.4 Å². The molecule has 7 heteroatoms. The van der Waals surface area contributed by atoms with Crippen LogP contribution in [0.25, 0.3) is 0 Å². The van der Waals surface area contributed by atoms with Crippen molar-refractivity contribution in [3.63, 3.8) is 0 Å². The van der Waals surface area contributed by atoms with E-state index >= 15 is 0 Å². The number of rotatable bonds is 3. The zero-order chi connectivity index (χ0) is 13.9. The lowest BCUT2D eigenvalue weighted by Crippen LogP contribution is -2.32. The average molecular weight is 326 g/mol. The van der Waals surface area contributed by atoms with Gasteiger partial charge in [-0.3, -0.25) is 4.79 Å². The Labute approximate surface area is 110 Å². The first-order chi connectivity index (χ1) is 8.21. The number of hydrogen-bond acceptors (Lipinski definition) is 2. The second-order valence-electron chi connectivity index (χ2n) is 3.75. The van der Waals surface area contributed by atoms with Crippen LogP contribution < -0.4 is 5.32 Å². The zero-order valence-corrected chi connectivity index (χ0v) is 11.0. The molecule has 3 nitrogen and oxygen atoms in total. The largest absolute Gasteiger partial charge is 0.417 e. The summed E-state index contributed by atoms with van der Waals surface area (Å²) in [4.78, 5) is 11.6. The van der Waals surface area contributed by atoms with Crippen LogP contribution in [-0.2, 0) is 6.18 Å². The minimum atomic E-state index is -4.61. The Morgan fingerprint density at radius 1 is 1.50 bits per heavy atom. The summed E-state index contributed by atoms with van der Waals surface area (Å²) in [6.45, 7) is 1.32. The van der Waals surface area contributed by atoms with Crippen LogP contribution in [0.2, 0.25) is 0 Å². The molecule has 0 saturated heterocycles. The van der Waals surface area contributed by atoms with Crippen molar-refractivity contribution < 1.29 is 23.1 Å². The molecule has 2 N–H and O–H groups in total. The number of carbonyl (C=O) groups excluding carboxylic acids is 1. The molecule has 1 aromatic rings. The molecule has 0 spiro atoms. The van der Waals surface area contributed by atoms with E-state index in [-0.39, 0.29) is 11.0 Å². The van der Waals surface area contributed by atoms with Crippen LogP contribution in [0.3, 0.4) is 0 Å². The molecule has 1 aromatic carbocycles. The van der Waals surface area contributed by atoms with Gasteiger partial charge in [0, 0.05) is 11.0 Å². The maximum atomic E-state index is 12.7. The van der Waals surface area contributed by atoms with Crippen LogP contribution in [-0.4, -0.2) is 23.7 Å². The molecule has 100 valence electrons. The number of nitrogens with one attached hydrogen (secondary N) is 1. The van der Waals surface area contributed by atoms with Crippen molar-refractivity contribution in [3.8, 4) is 0 Å². The van der Waals surface area contributed by atoms with Crippen LogP contribution in [0, 0.1) is 0 Å². The van der Waals surface area contributed by atoms with Crippen molar-refractivity contribution in [1.29, 1.82) is 0 Å². The first-order valence-corrected chi connectivity index (χ1v) is 5.84. The van der Waals surface area contributed by atoms with E-state index in [4.69, 9.17) is 5.11 Å². The highest BCUT2D eigenvalue weighted by Crippen LogP contribution is 2.33. The fourth-order valence-electron chi connectivity index (χ4n) is 1.28. The van der Waals surface area contributed by atoms with E-state index in [1.807, 2.05) is 0 Å². The fraction of sp³-hybridized carbons (Fsp3) is 0.364. The topological polar surface area (TPSA) is 49.3 Å². The monoisotopic (exact) mass is 325 g/mol. The molecule has 1 amide bonds. The smallest absolute Gasteiger partial charge is 0.392 e. The van der Waals surface area contributed by atoms with Gasteiger partial charge >= 0.3 is 6.18 Å². The van der Waals surface area contributed by atoms with Crippen LogP contribution in [0.4, 0.5) is 13.2 Å². The summed E-state index contributed by atoms with van der Waals surface area (Å²) in [6, 6.07) is 3.29. The maximum absolute atomic E-state index is 12.7. The Balaban J connectivity index is 3.05. The predicted molar refractivity (Wildman–Crippen MR) is 63.2 cm³/mol. The molecule has 0 heterocycles. The van der Waals surface area contributed by atoms with Gasteiger partial charge in [-0.1, -0.05) is 15.9 Å². The van der Waals surface area contributed by atoms with Crippen molar-refractivity contribution in [1.82, 2.24) is 5.32 Å². The van der Waals surface area contributed by atoms with E-state index in [9.17, 15) is 18.0 Å². The molecule has 1 unspecified atom stereocenters. The molecule has 0 radical (unpaired) electrons. The normalized spacial score (nSPS) is 13.2. The van der Waals surface area contributed by atoms with Crippen molar-refractivity contribution in [2.45, 2.75) is 19.2 Å². The number of amides is 1. The Kier molecular flexibility index (Phi) is 4.75. The standard InChI is InChI=1S/C11H11BrF3NO2/c1-6(17)5-16-10(18)8-3-2-7(12)4-9(8)11(13,14)15/h2-4,6,17H,5H2,1H3,(H,16,18). The Morgan fingerprint density at radius 2 is 2.11 bits per heavy atom. The van der Waals surface area contributed by atoms with Crippen molar-refractivity contribution in [3.05, 3.63) is 33.8 Å². The number of halogens is 4. The molecule has 1 atom stereocenters. The van der Waals surface area contributed by atoms with Gasteiger partial charge in [0.1, 0.15) is 0 Å². The van der Waals surface area contributed by atoms with E-state index < -0.39 is 29.3 Å². The summed E-state index contributed by atoms with van der Waals surface area (Å²) in [7, 11) is 0. The average Bonchev–Trinajstić information content (AvgIpc) is 2.24. The van der Waals surface area contributed by atoms with Gasteiger partial charge in [-0.25, -0.2) is 0 Å². The summed E-state index contributed by atoms with van der Waals surface area (Å²) in [5.41, 5.74) is -1.48. The lowest BCUT2D eigenvalue weighted by Gasteiger charge is -2.13. The van der Waals surface area contributed by atoms with Crippen molar-refractivity contribution in [2.75, 3.05) is 6.54 Å². The second-order valence-corrected chi connectivity index (χ2v) is 4.66. The Bertz CT molecular complexity index is 446. The van der Waals surface area contributed by atoms with E-state index in [1.165, 1.54) is 13.0 Å². The molecule has 18 heavy (non-hydrogen) atoms. The SMILES string of the molecule is CC(O)CNC(=O)c1ccc(Br)cc1C(F)(F)F. The Hall–Kier alpha value is -1.08. The van der Waals surface area contributed by atoms with Gasteiger partial charge in [-0.05, 0) is 25.1 Å². The van der Waals surface area contributed by atoms with Crippen LogP contribution in [0.1, 0.15) is 22.8 Å². The highest BCUT2D eigenvalue weighted by Gasteiger charge is 2.35. The first-order valence-electron chi connectivity index (χ1n) is 5.05. The quantitative estimate of drug-likeness (QED) is 0.897. The molecule has 1 rings (SSSR count). The van der Waals surface area contributed by atoms with Crippen molar-refractivity contribution >= 4 is 21.8 Å². The van der Waals surface area contributed by atoms with Crippen LogP contribution >= 0.6 is 15.9 Å².